The fourth-order valence-electron chi connectivity index (χ4n) is 2.54. The molecule has 2 N–H and O–H groups in total. The molecular formula is C14H20BrNO. The standard InChI is InChI=1S/C14H20BrNO/c1-10-6-7-16-13(8-10)14(2,17)11-4-3-5-12(15)9-11/h3-5,9-10,13,16-17H,6-8H2,1-2H3. The zero-order valence-electron chi connectivity index (χ0n) is 10.4. The smallest absolute Gasteiger partial charge is 0.102 e. The van der Waals surface area contributed by atoms with Gasteiger partial charge in [-0.2, -0.15) is 0 Å². The van der Waals surface area contributed by atoms with Crippen molar-refractivity contribution in [1.82, 2.24) is 5.32 Å². The SMILES string of the molecule is CC1CCNC(C(C)(O)c2cccc(Br)c2)C1. The molecule has 3 atom stereocenters. The van der Waals surface area contributed by atoms with Crippen molar-refractivity contribution < 1.29 is 5.11 Å². The van der Waals surface area contributed by atoms with Gasteiger partial charge in [-0.15, -0.1) is 0 Å². The van der Waals surface area contributed by atoms with Gasteiger partial charge in [-0.3, -0.25) is 0 Å². The highest BCUT2D eigenvalue weighted by Gasteiger charge is 2.36. The zero-order chi connectivity index (χ0) is 12.5. The van der Waals surface area contributed by atoms with Crippen LogP contribution in [-0.4, -0.2) is 17.7 Å². The third kappa shape index (κ3) is 2.90. The minimum absolute atomic E-state index is 0.139. The van der Waals surface area contributed by atoms with E-state index in [1.165, 1.54) is 6.42 Å². The van der Waals surface area contributed by atoms with E-state index in [4.69, 9.17) is 0 Å². The van der Waals surface area contributed by atoms with Gasteiger partial charge in [-0.1, -0.05) is 35.0 Å². The lowest BCUT2D eigenvalue weighted by molar-refractivity contribution is -0.00145. The molecule has 2 nitrogen and oxygen atoms in total. The van der Waals surface area contributed by atoms with Gasteiger partial charge in [0, 0.05) is 10.5 Å². The topological polar surface area (TPSA) is 32.3 Å². The monoisotopic (exact) mass is 297 g/mol. The van der Waals surface area contributed by atoms with Crippen molar-refractivity contribution in [3.63, 3.8) is 0 Å². The Labute approximate surface area is 112 Å². The molecule has 0 amide bonds. The summed E-state index contributed by atoms with van der Waals surface area (Å²) in [6.07, 6.45) is 2.23. The van der Waals surface area contributed by atoms with E-state index in [2.05, 4.69) is 28.2 Å². The van der Waals surface area contributed by atoms with E-state index in [1.54, 1.807) is 0 Å². The van der Waals surface area contributed by atoms with Crippen LogP contribution in [0.15, 0.2) is 28.7 Å². The van der Waals surface area contributed by atoms with Crippen LogP contribution in [0.25, 0.3) is 0 Å². The fourth-order valence-corrected chi connectivity index (χ4v) is 2.94. The first kappa shape index (κ1) is 13.1. The summed E-state index contributed by atoms with van der Waals surface area (Å²) in [5.74, 6) is 0.680. The molecule has 1 fully saturated rings. The van der Waals surface area contributed by atoms with E-state index in [0.29, 0.717) is 5.92 Å². The molecule has 17 heavy (non-hydrogen) atoms. The summed E-state index contributed by atoms with van der Waals surface area (Å²) in [6.45, 7) is 5.16. The van der Waals surface area contributed by atoms with E-state index in [-0.39, 0.29) is 6.04 Å². The Morgan fingerprint density at radius 2 is 2.24 bits per heavy atom. The Balaban J connectivity index is 2.22. The van der Waals surface area contributed by atoms with Crippen LogP contribution in [0.1, 0.15) is 32.3 Å². The largest absolute Gasteiger partial charge is 0.384 e. The minimum atomic E-state index is -0.807. The number of halogens is 1. The molecule has 0 spiro atoms. The highest BCUT2D eigenvalue weighted by Crippen LogP contribution is 2.32. The Bertz CT molecular complexity index is 392. The van der Waals surface area contributed by atoms with Crippen LogP contribution in [0.5, 0.6) is 0 Å². The molecule has 1 aromatic rings. The van der Waals surface area contributed by atoms with Crippen LogP contribution in [-0.2, 0) is 5.60 Å². The van der Waals surface area contributed by atoms with Crippen molar-refractivity contribution in [3.05, 3.63) is 34.3 Å². The molecule has 1 aromatic carbocycles. The van der Waals surface area contributed by atoms with Crippen LogP contribution in [0.3, 0.4) is 0 Å². The van der Waals surface area contributed by atoms with Gasteiger partial charge in [0.25, 0.3) is 0 Å². The maximum absolute atomic E-state index is 10.8. The van der Waals surface area contributed by atoms with Crippen LogP contribution in [0, 0.1) is 5.92 Å². The molecule has 1 aliphatic rings. The quantitative estimate of drug-likeness (QED) is 0.879. The van der Waals surface area contributed by atoms with E-state index in [0.717, 1.165) is 23.0 Å². The number of benzene rings is 1. The van der Waals surface area contributed by atoms with Crippen LogP contribution in [0.4, 0.5) is 0 Å². The summed E-state index contributed by atoms with van der Waals surface area (Å²) >= 11 is 3.46. The molecule has 0 saturated carbocycles. The van der Waals surface area contributed by atoms with E-state index in [9.17, 15) is 5.11 Å². The van der Waals surface area contributed by atoms with E-state index < -0.39 is 5.60 Å². The van der Waals surface area contributed by atoms with E-state index >= 15 is 0 Å². The maximum atomic E-state index is 10.8. The predicted molar refractivity (Wildman–Crippen MR) is 73.9 cm³/mol. The lowest BCUT2D eigenvalue weighted by Crippen LogP contribution is -2.50. The fraction of sp³-hybridized carbons (Fsp3) is 0.571. The summed E-state index contributed by atoms with van der Waals surface area (Å²) in [5.41, 5.74) is 0.164. The van der Waals surface area contributed by atoms with Gasteiger partial charge in [0.2, 0.25) is 0 Å². The third-order valence-corrected chi connectivity index (χ3v) is 4.25. The van der Waals surface area contributed by atoms with Gasteiger partial charge in [-0.05, 0) is 49.9 Å². The van der Waals surface area contributed by atoms with E-state index in [1.807, 2.05) is 31.2 Å². The number of aliphatic hydroxyl groups is 1. The lowest BCUT2D eigenvalue weighted by atomic mass is 9.80. The molecule has 0 radical (unpaired) electrons. The predicted octanol–water partition coefficient (Wildman–Crippen LogP) is 3.04. The van der Waals surface area contributed by atoms with Crippen LogP contribution in [0.2, 0.25) is 0 Å². The number of hydrogen-bond acceptors (Lipinski definition) is 2. The second-order valence-corrected chi connectivity index (χ2v) is 6.21. The molecule has 0 aliphatic carbocycles. The minimum Gasteiger partial charge on any atom is -0.384 e. The summed E-state index contributed by atoms with van der Waals surface area (Å²) in [5, 5.41) is 14.2. The average molecular weight is 298 g/mol. The first-order valence-electron chi connectivity index (χ1n) is 6.22. The second kappa shape index (κ2) is 5.09. The Hall–Kier alpha value is -0.380. The van der Waals surface area contributed by atoms with Gasteiger partial charge in [0.15, 0.2) is 0 Å². The number of nitrogens with one attached hydrogen (secondary N) is 1. The number of rotatable bonds is 2. The van der Waals surface area contributed by atoms with Crippen LogP contribution < -0.4 is 5.32 Å². The van der Waals surface area contributed by atoms with Crippen molar-refractivity contribution in [1.29, 1.82) is 0 Å². The highest BCUT2D eigenvalue weighted by atomic mass is 79.9. The normalized spacial score (nSPS) is 28.7. The number of hydrogen-bond donors (Lipinski definition) is 2. The summed E-state index contributed by atoms with van der Waals surface area (Å²) in [7, 11) is 0. The molecule has 0 aromatic heterocycles. The Kier molecular flexibility index (Phi) is 3.91. The third-order valence-electron chi connectivity index (χ3n) is 3.75. The van der Waals surface area contributed by atoms with Crippen molar-refractivity contribution in [2.24, 2.45) is 5.92 Å². The van der Waals surface area contributed by atoms with Crippen molar-refractivity contribution >= 4 is 15.9 Å². The van der Waals surface area contributed by atoms with Crippen LogP contribution >= 0.6 is 15.9 Å². The molecule has 0 bridgehead atoms. The van der Waals surface area contributed by atoms with Gasteiger partial charge >= 0.3 is 0 Å². The number of piperidine rings is 1. The van der Waals surface area contributed by atoms with Gasteiger partial charge < -0.3 is 10.4 Å². The first-order chi connectivity index (χ1) is 8.00. The molecule has 1 aliphatic heterocycles. The van der Waals surface area contributed by atoms with Gasteiger partial charge in [0.1, 0.15) is 5.60 Å². The van der Waals surface area contributed by atoms with Crippen molar-refractivity contribution in [2.45, 2.75) is 38.3 Å². The van der Waals surface area contributed by atoms with Crippen molar-refractivity contribution in [2.75, 3.05) is 6.54 Å². The molecule has 2 rings (SSSR count). The second-order valence-electron chi connectivity index (χ2n) is 5.29. The summed E-state index contributed by atoms with van der Waals surface area (Å²) < 4.78 is 1.01. The molecular weight excluding hydrogens is 278 g/mol. The molecule has 1 saturated heterocycles. The average Bonchev–Trinajstić information content (AvgIpc) is 2.29. The maximum Gasteiger partial charge on any atom is 0.102 e. The Morgan fingerprint density at radius 1 is 1.47 bits per heavy atom. The Morgan fingerprint density at radius 3 is 2.88 bits per heavy atom. The molecule has 3 unspecified atom stereocenters. The van der Waals surface area contributed by atoms with Gasteiger partial charge in [0.05, 0.1) is 0 Å². The summed E-state index contributed by atoms with van der Waals surface area (Å²) in [6, 6.07) is 8.09. The lowest BCUT2D eigenvalue weighted by Gasteiger charge is -2.39. The first-order valence-corrected chi connectivity index (χ1v) is 7.01. The summed E-state index contributed by atoms with van der Waals surface area (Å²) in [4.78, 5) is 0. The van der Waals surface area contributed by atoms with Crippen molar-refractivity contribution in [3.8, 4) is 0 Å². The van der Waals surface area contributed by atoms with Gasteiger partial charge in [-0.25, -0.2) is 0 Å². The highest BCUT2D eigenvalue weighted by molar-refractivity contribution is 9.10. The molecule has 94 valence electrons. The molecule has 3 heteroatoms. The zero-order valence-corrected chi connectivity index (χ0v) is 12.0. The molecule has 1 heterocycles.